The summed E-state index contributed by atoms with van der Waals surface area (Å²) in [5, 5.41) is 14.8. The smallest absolute Gasteiger partial charge is 0.418 e. The fourth-order valence-electron chi connectivity index (χ4n) is 8.28. The van der Waals surface area contributed by atoms with Gasteiger partial charge in [-0.2, -0.15) is 10.2 Å². The fraction of sp³-hybridized carbons (Fsp3) is 0.500. The second-order valence-corrected chi connectivity index (χ2v) is 13.6. The van der Waals surface area contributed by atoms with E-state index in [1.165, 1.54) is 0 Å². The standard InChI is InChI=1S/C40H52N6O4/c1-5-23-45(24-6-2)33-17-15-27-11-9-13-29(31-19-21-41-43-31)35(27)37(33)49-39(47)40(48)50-38-34(46(25-7-3)26-8-4)18-16-28-12-10-14-30(36(28)38)32-20-22-42-44-32/h9-14,19-22,33-34,37-38H,5-8,15-18,23-26H2,1-4H3,(H,41,43)(H,42,44). The highest BCUT2D eigenvalue weighted by Gasteiger charge is 2.42. The summed E-state index contributed by atoms with van der Waals surface area (Å²) in [6.45, 7) is 12.2. The predicted molar refractivity (Wildman–Crippen MR) is 194 cm³/mol. The number of fused-ring (bicyclic) bond motifs is 2. The summed E-state index contributed by atoms with van der Waals surface area (Å²) in [7, 11) is 0. The summed E-state index contributed by atoms with van der Waals surface area (Å²) >= 11 is 0. The zero-order valence-corrected chi connectivity index (χ0v) is 30.0. The summed E-state index contributed by atoms with van der Waals surface area (Å²) in [6.07, 6.45) is 9.50. The van der Waals surface area contributed by atoms with E-state index >= 15 is 0 Å². The first-order chi connectivity index (χ1) is 24.5. The van der Waals surface area contributed by atoms with Crippen molar-refractivity contribution < 1.29 is 19.1 Å². The maximum absolute atomic E-state index is 14.2. The number of nitrogens with one attached hydrogen (secondary N) is 2. The number of benzene rings is 2. The van der Waals surface area contributed by atoms with Crippen molar-refractivity contribution >= 4 is 11.9 Å². The van der Waals surface area contributed by atoms with Gasteiger partial charge in [0.25, 0.3) is 0 Å². The van der Waals surface area contributed by atoms with Gasteiger partial charge in [0.1, 0.15) is 12.2 Å². The molecule has 0 fully saturated rings. The molecule has 4 unspecified atom stereocenters. The molecule has 0 radical (unpaired) electrons. The summed E-state index contributed by atoms with van der Waals surface area (Å²) in [5.41, 5.74) is 7.45. The number of rotatable bonds is 14. The molecule has 4 atom stereocenters. The maximum atomic E-state index is 14.2. The zero-order chi connectivity index (χ0) is 35.0. The minimum absolute atomic E-state index is 0.0849. The highest BCUT2D eigenvalue weighted by Crippen LogP contribution is 2.43. The lowest BCUT2D eigenvalue weighted by atomic mass is 9.81. The molecule has 266 valence electrons. The zero-order valence-electron chi connectivity index (χ0n) is 30.0. The Morgan fingerprint density at radius 3 is 1.38 bits per heavy atom. The average molecular weight is 681 g/mol. The molecular formula is C40H52N6O4. The van der Waals surface area contributed by atoms with E-state index in [0.29, 0.717) is 0 Å². The maximum Gasteiger partial charge on any atom is 0.418 e. The molecule has 0 saturated heterocycles. The Labute approximate surface area is 295 Å². The number of hydrogen-bond donors (Lipinski definition) is 2. The lowest BCUT2D eigenvalue weighted by molar-refractivity contribution is -0.179. The van der Waals surface area contributed by atoms with Crippen LogP contribution in [0.3, 0.4) is 0 Å². The van der Waals surface area contributed by atoms with Crippen molar-refractivity contribution in [1.82, 2.24) is 30.2 Å². The van der Waals surface area contributed by atoms with Crippen LogP contribution in [0.4, 0.5) is 0 Å². The molecule has 2 N–H and O–H groups in total. The Kier molecular flexibility index (Phi) is 11.8. The molecule has 10 nitrogen and oxygen atoms in total. The van der Waals surface area contributed by atoms with E-state index in [1.807, 2.05) is 36.4 Å². The number of nitrogens with zero attached hydrogens (tertiary/aromatic N) is 4. The van der Waals surface area contributed by atoms with Gasteiger partial charge in [0.15, 0.2) is 0 Å². The number of aryl methyl sites for hydroxylation is 2. The van der Waals surface area contributed by atoms with Gasteiger partial charge in [-0.1, -0.05) is 64.1 Å². The lowest BCUT2D eigenvalue weighted by Crippen LogP contribution is -2.46. The number of aromatic nitrogens is 4. The van der Waals surface area contributed by atoms with Gasteiger partial charge in [-0.3, -0.25) is 20.0 Å². The largest absolute Gasteiger partial charge is 0.447 e. The Morgan fingerprint density at radius 1 is 0.640 bits per heavy atom. The van der Waals surface area contributed by atoms with E-state index in [4.69, 9.17) is 9.47 Å². The van der Waals surface area contributed by atoms with Crippen LogP contribution in [0.2, 0.25) is 0 Å². The number of aromatic amines is 2. The van der Waals surface area contributed by atoms with Crippen molar-refractivity contribution in [3.63, 3.8) is 0 Å². The van der Waals surface area contributed by atoms with Gasteiger partial charge in [0.2, 0.25) is 0 Å². The molecule has 4 aromatic rings. The van der Waals surface area contributed by atoms with E-state index in [9.17, 15) is 9.59 Å². The van der Waals surface area contributed by atoms with Crippen LogP contribution in [0.25, 0.3) is 22.5 Å². The molecule has 2 heterocycles. The monoisotopic (exact) mass is 680 g/mol. The quantitative estimate of drug-likeness (QED) is 0.106. The molecule has 0 spiro atoms. The normalized spacial score (nSPS) is 20.0. The summed E-state index contributed by atoms with van der Waals surface area (Å²) in [4.78, 5) is 33.2. The molecule has 0 amide bonds. The van der Waals surface area contributed by atoms with Crippen molar-refractivity contribution in [2.24, 2.45) is 0 Å². The number of esters is 2. The molecule has 10 heteroatoms. The van der Waals surface area contributed by atoms with Crippen LogP contribution in [0, 0.1) is 0 Å². The minimum Gasteiger partial charge on any atom is -0.447 e. The average Bonchev–Trinajstić information content (AvgIpc) is 3.87. The summed E-state index contributed by atoms with van der Waals surface area (Å²) in [5.74, 6) is -1.92. The molecule has 2 aliphatic carbocycles. The van der Waals surface area contributed by atoms with Crippen LogP contribution in [0.1, 0.15) is 101 Å². The predicted octanol–water partition coefficient (Wildman–Crippen LogP) is 7.21. The first-order valence-electron chi connectivity index (χ1n) is 18.6. The number of H-pyrrole nitrogens is 2. The van der Waals surface area contributed by atoms with Gasteiger partial charge >= 0.3 is 11.9 Å². The molecule has 2 aromatic heterocycles. The Morgan fingerprint density at radius 2 is 1.04 bits per heavy atom. The van der Waals surface area contributed by atoms with Crippen LogP contribution in [0.15, 0.2) is 60.9 Å². The molecule has 50 heavy (non-hydrogen) atoms. The minimum atomic E-state index is -0.960. The number of carbonyl (C=O) groups excluding carboxylic acids is 2. The third-order valence-electron chi connectivity index (χ3n) is 10.2. The van der Waals surface area contributed by atoms with E-state index in [1.54, 1.807) is 12.4 Å². The van der Waals surface area contributed by atoms with Gasteiger partial charge in [-0.15, -0.1) is 0 Å². The Hall–Kier alpha value is -4.28. The van der Waals surface area contributed by atoms with Crippen molar-refractivity contribution in [2.75, 3.05) is 26.2 Å². The fourth-order valence-corrected chi connectivity index (χ4v) is 8.28. The Balaban J connectivity index is 1.36. The van der Waals surface area contributed by atoms with E-state index in [0.717, 1.165) is 122 Å². The van der Waals surface area contributed by atoms with Crippen molar-refractivity contribution in [2.45, 2.75) is 103 Å². The van der Waals surface area contributed by atoms with Crippen molar-refractivity contribution in [3.05, 3.63) is 83.2 Å². The molecule has 6 rings (SSSR count). The third kappa shape index (κ3) is 7.42. The number of ether oxygens (including phenoxy) is 2. The summed E-state index contributed by atoms with van der Waals surface area (Å²) < 4.78 is 12.8. The first kappa shape index (κ1) is 35.5. The number of carbonyl (C=O) groups is 2. The van der Waals surface area contributed by atoms with E-state index in [-0.39, 0.29) is 12.1 Å². The first-order valence-corrected chi connectivity index (χ1v) is 18.6. The molecule has 0 aliphatic heterocycles. The van der Waals surface area contributed by atoms with Crippen LogP contribution >= 0.6 is 0 Å². The Bertz CT molecular complexity index is 1570. The van der Waals surface area contributed by atoms with Gasteiger partial charge < -0.3 is 9.47 Å². The van der Waals surface area contributed by atoms with Crippen LogP contribution in [-0.4, -0.2) is 80.4 Å². The second kappa shape index (κ2) is 16.6. The van der Waals surface area contributed by atoms with Gasteiger partial charge in [0.05, 0.1) is 23.5 Å². The molecule has 2 aromatic carbocycles. The van der Waals surface area contributed by atoms with Crippen LogP contribution < -0.4 is 0 Å². The van der Waals surface area contributed by atoms with E-state index < -0.39 is 24.1 Å². The highest BCUT2D eigenvalue weighted by molar-refractivity contribution is 6.29. The SMILES string of the molecule is CCCN(CCC)C1CCc2cccc(-c3cc[nH]n3)c2C1OC(=O)C(=O)OC1c2c(cccc2-c2cc[nH]n2)CCC1N(CCC)CCC. The van der Waals surface area contributed by atoms with Crippen LogP contribution in [0.5, 0.6) is 0 Å². The second-order valence-electron chi connectivity index (χ2n) is 13.6. The molecule has 0 bridgehead atoms. The highest BCUT2D eigenvalue weighted by atomic mass is 16.6. The molecule has 0 saturated carbocycles. The van der Waals surface area contributed by atoms with Gasteiger partial charge in [0, 0.05) is 34.6 Å². The van der Waals surface area contributed by atoms with Crippen molar-refractivity contribution in [3.8, 4) is 22.5 Å². The lowest BCUT2D eigenvalue weighted by Gasteiger charge is -2.42. The third-order valence-corrected chi connectivity index (χ3v) is 10.2. The summed E-state index contributed by atoms with van der Waals surface area (Å²) in [6, 6.07) is 16.0. The number of hydrogen-bond acceptors (Lipinski definition) is 8. The van der Waals surface area contributed by atoms with Crippen LogP contribution in [-0.2, 0) is 31.9 Å². The van der Waals surface area contributed by atoms with Gasteiger partial charge in [-0.25, -0.2) is 9.59 Å². The topological polar surface area (TPSA) is 116 Å². The molecule has 2 aliphatic rings. The molecular weight excluding hydrogens is 628 g/mol. The van der Waals surface area contributed by atoms with Crippen molar-refractivity contribution in [1.29, 1.82) is 0 Å². The van der Waals surface area contributed by atoms with E-state index in [2.05, 4.69) is 70.0 Å². The van der Waals surface area contributed by atoms with Gasteiger partial charge in [-0.05, 0) is 101 Å².